The zero-order valence-corrected chi connectivity index (χ0v) is 10.1. The Balaban J connectivity index is 3.65. The molecule has 0 radical (unpaired) electrons. The van der Waals surface area contributed by atoms with Crippen LogP contribution in [0.5, 0.6) is 0 Å². The van der Waals surface area contributed by atoms with Crippen molar-refractivity contribution >= 4 is 11.6 Å². The van der Waals surface area contributed by atoms with Crippen molar-refractivity contribution in [1.82, 2.24) is 9.55 Å². The summed E-state index contributed by atoms with van der Waals surface area (Å²) in [5, 5.41) is 0.119. The lowest BCUT2D eigenvalue weighted by Gasteiger charge is -2.25. The van der Waals surface area contributed by atoms with Gasteiger partial charge in [-0.25, -0.2) is 4.79 Å². The minimum absolute atomic E-state index is 0.119. The van der Waals surface area contributed by atoms with Crippen LogP contribution in [0.2, 0.25) is 5.15 Å². The second kappa shape index (κ2) is 3.85. The molecule has 0 atom stereocenters. The Hall–Kier alpha value is -1.03. The van der Waals surface area contributed by atoms with Crippen LogP contribution < -0.4 is 11.2 Å². The summed E-state index contributed by atoms with van der Waals surface area (Å²) in [6, 6.07) is 0. The number of nitrogens with one attached hydrogen (secondary N) is 1. The van der Waals surface area contributed by atoms with Crippen molar-refractivity contribution in [1.29, 1.82) is 0 Å². The first-order valence-electron chi connectivity index (χ1n) is 4.83. The van der Waals surface area contributed by atoms with Gasteiger partial charge < -0.3 is 0 Å². The van der Waals surface area contributed by atoms with E-state index in [1.54, 1.807) is 6.92 Å². The molecule has 0 amide bonds. The van der Waals surface area contributed by atoms with Gasteiger partial charge in [-0.1, -0.05) is 18.5 Å². The Morgan fingerprint density at radius 3 is 2.40 bits per heavy atom. The molecule has 84 valence electrons. The molecule has 0 bridgehead atoms. The summed E-state index contributed by atoms with van der Waals surface area (Å²) in [7, 11) is 0. The minimum Gasteiger partial charge on any atom is -0.297 e. The Morgan fingerprint density at radius 1 is 1.40 bits per heavy atom. The molecule has 15 heavy (non-hydrogen) atoms. The number of nitrogens with zero attached hydrogens (tertiary/aromatic N) is 1. The molecule has 4 nitrogen and oxygen atoms in total. The lowest BCUT2D eigenvalue weighted by molar-refractivity contribution is 0.316. The average Bonchev–Trinajstić information content (AvgIpc) is 2.14. The first-order chi connectivity index (χ1) is 6.81. The van der Waals surface area contributed by atoms with Gasteiger partial charge in [0.1, 0.15) is 5.15 Å². The van der Waals surface area contributed by atoms with Crippen LogP contribution in [0.25, 0.3) is 0 Å². The SMILES string of the molecule is CCC(C)(C)n1c(=O)[nH]c(Cl)c(C)c1=O. The molecule has 1 N–H and O–H groups in total. The molecule has 1 rings (SSSR count). The maximum atomic E-state index is 11.9. The van der Waals surface area contributed by atoms with Crippen molar-refractivity contribution in [3.8, 4) is 0 Å². The molecular formula is C10H15ClN2O2. The monoisotopic (exact) mass is 230 g/mol. The molecule has 0 unspecified atom stereocenters. The van der Waals surface area contributed by atoms with E-state index in [1.165, 1.54) is 4.57 Å². The molecule has 0 fully saturated rings. The highest BCUT2D eigenvalue weighted by molar-refractivity contribution is 6.30. The maximum Gasteiger partial charge on any atom is 0.329 e. The summed E-state index contributed by atoms with van der Waals surface area (Å²) in [6.07, 6.45) is 0.692. The number of aromatic amines is 1. The number of H-pyrrole nitrogens is 1. The molecule has 0 aliphatic heterocycles. The smallest absolute Gasteiger partial charge is 0.297 e. The Labute approximate surface area is 92.9 Å². The third-order valence-electron chi connectivity index (χ3n) is 2.74. The third-order valence-corrected chi connectivity index (χ3v) is 3.12. The predicted molar refractivity (Wildman–Crippen MR) is 60.7 cm³/mol. The standard InChI is InChI=1S/C10H15ClN2O2/c1-5-10(3,4)13-8(14)6(2)7(11)12-9(13)15/h5H2,1-4H3,(H,12,15). The lowest BCUT2D eigenvalue weighted by Crippen LogP contribution is -2.46. The summed E-state index contributed by atoms with van der Waals surface area (Å²) in [5.41, 5.74) is -0.907. The topological polar surface area (TPSA) is 54.9 Å². The van der Waals surface area contributed by atoms with E-state index >= 15 is 0 Å². The average molecular weight is 231 g/mol. The largest absolute Gasteiger partial charge is 0.329 e. The van der Waals surface area contributed by atoms with Gasteiger partial charge in [-0.15, -0.1) is 0 Å². The molecule has 0 saturated carbocycles. The number of rotatable bonds is 2. The number of halogens is 1. The van der Waals surface area contributed by atoms with Crippen molar-refractivity contribution in [2.75, 3.05) is 0 Å². The van der Waals surface area contributed by atoms with E-state index < -0.39 is 11.2 Å². The quantitative estimate of drug-likeness (QED) is 0.786. The molecule has 0 aliphatic rings. The van der Waals surface area contributed by atoms with Gasteiger partial charge in [0, 0.05) is 11.1 Å². The van der Waals surface area contributed by atoms with Crippen LogP contribution in [0.1, 0.15) is 32.8 Å². The molecule has 0 spiro atoms. The summed E-state index contributed by atoms with van der Waals surface area (Å²) in [5.74, 6) is 0. The van der Waals surface area contributed by atoms with Gasteiger partial charge in [0.25, 0.3) is 5.56 Å². The van der Waals surface area contributed by atoms with Crippen molar-refractivity contribution in [3.05, 3.63) is 31.6 Å². The van der Waals surface area contributed by atoms with E-state index in [9.17, 15) is 9.59 Å². The van der Waals surface area contributed by atoms with Gasteiger partial charge in [-0.2, -0.15) is 0 Å². The van der Waals surface area contributed by atoms with Gasteiger partial charge in [0.15, 0.2) is 0 Å². The summed E-state index contributed by atoms with van der Waals surface area (Å²) in [6.45, 7) is 7.21. The van der Waals surface area contributed by atoms with Crippen molar-refractivity contribution in [2.45, 2.75) is 39.7 Å². The van der Waals surface area contributed by atoms with E-state index in [-0.39, 0.29) is 10.7 Å². The fourth-order valence-electron chi connectivity index (χ4n) is 1.31. The molecule has 1 aromatic rings. The van der Waals surface area contributed by atoms with Gasteiger partial charge in [0.2, 0.25) is 0 Å². The highest BCUT2D eigenvalue weighted by Gasteiger charge is 2.23. The first kappa shape index (κ1) is 12.0. The Kier molecular flexibility index (Phi) is 3.09. The van der Waals surface area contributed by atoms with E-state index in [1.807, 2.05) is 20.8 Å². The molecule has 0 aromatic carbocycles. The van der Waals surface area contributed by atoms with Crippen LogP contribution in [-0.2, 0) is 5.54 Å². The van der Waals surface area contributed by atoms with Gasteiger partial charge in [-0.05, 0) is 27.2 Å². The molecule has 0 saturated heterocycles. The molecule has 1 aromatic heterocycles. The zero-order valence-electron chi connectivity index (χ0n) is 9.35. The van der Waals surface area contributed by atoms with Crippen LogP contribution in [0.3, 0.4) is 0 Å². The van der Waals surface area contributed by atoms with E-state index in [2.05, 4.69) is 4.98 Å². The minimum atomic E-state index is -0.500. The van der Waals surface area contributed by atoms with Gasteiger partial charge >= 0.3 is 5.69 Å². The summed E-state index contributed by atoms with van der Waals surface area (Å²) in [4.78, 5) is 26.0. The molecular weight excluding hydrogens is 216 g/mol. The number of aromatic nitrogens is 2. The third kappa shape index (κ3) is 2.00. The molecule has 0 aliphatic carbocycles. The highest BCUT2D eigenvalue weighted by atomic mass is 35.5. The lowest BCUT2D eigenvalue weighted by atomic mass is 10.0. The Morgan fingerprint density at radius 2 is 1.93 bits per heavy atom. The van der Waals surface area contributed by atoms with Gasteiger partial charge in [0.05, 0.1) is 0 Å². The fourth-order valence-corrected chi connectivity index (χ4v) is 1.47. The molecule has 1 heterocycles. The summed E-state index contributed by atoms with van der Waals surface area (Å²) >= 11 is 5.72. The second-order valence-electron chi connectivity index (χ2n) is 4.18. The van der Waals surface area contributed by atoms with E-state index in [0.29, 0.717) is 12.0 Å². The fraction of sp³-hybridized carbons (Fsp3) is 0.600. The maximum absolute atomic E-state index is 11.9. The second-order valence-corrected chi connectivity index (χ2v) is 4.55. The van der Waals surface area contributed by atoms with Crippen molar-refractivity contribution < 1.29 is 0 Å². The summed E-state index contributed by atoms with van der Waals surface area (Å²) < 4.78 is 1.22. The zero-order chi connectivity index (χ0) is 11.8. The van der Waals surface area contributed by atoms with Crippen LogP contribution in [0.15, 0.2) is 9.59 Å². The predicted octanol–water partition coefficient (Wildman–Crippen LogP) is 1.64. The number of hydrogen-bond donors (Lipinski definition) is 1. The van der Waals surface area contributed by atoms with E-state index in [0.717, 1.165) is 0 Å². The van der Waals surface area contributed by atoms with Crippen LogP contribution in [0.4, 0.5) is 0 Å². The van der Waals surface area contributed by atoms with Crippen LogP contribution in [0, 0.1) is 6.92 Å². The van der Waals surface area contributed by atoms with Crippen LogP contribution >= 0.6 is 11.6 Å². The van der Waals surface area contributed by atoms with Crippen molar-refractivity contribution in [3.63, 3.8) is 0 Å². The Bertz CT molecular complexity index is 485. The first-order valence-corrected chi connectivity index (χ1v) is 5.21. The van der Waals surface area contributed by atoms with Crippen LogP contribution in [-0.4, -0.2) is 9.55 Å². The van der Waals surface area contributed by atoms with Crippen molar-refractivity contribution in [2.24, 2.45) is 0 Å². The highest BCUT2D eigenvalue weighted by Crippen LogP contribution is 2.15. The van der Waals surface area contributed by atoms with E-state index in [4.69, 9.17) is 11.6 Å². The number of hydrogen-bond acceptors (Lipinski definition) is 2. The normalized spacial score (nSPS) is 11.8. The molecule has 5 heteroatoms. The van der Waals surface area contributed by atoms with Gasteiger partial charge in [-0.3, -0.25) is 14.3 Å².